The molecule has 0 amide bonds. The lowest BCUT2D eigenvalue weighted by Crippen LogP contribution is -2.39. The van der Waals surface area contributed by atoms with Crippen molar-refractivity contribution in [1.82, 2.24) is 4.31 Å². The number of hydrogen-bond acceptors (Lipinski definition) is 4. The van der Waals surface area contributed by atoms with Gasteiger partial charge >= 0.3 is 0 Å². The van der Waals surface area contributed by atoms with Crippen molar-refractivity contribution < 1.29 is 18.3 Å². The predicted molar refractivity (Wildman–Crippen MR) is 71.5 cm³/mol. The fraction of sp³-hybridized carbons (Fsp3) is 0.538. The minimum absolute atomic E-state index is 0.231. The summed E-state index contributed by atoms with van der Waals surface area (Å²) in [5.74, 6) is 0.772. The number of benzene rings is 1. The summed E-state index contributed by atoms with van der Waals surface area (Å²) in [5.41, 5.74) is 0. The molecule has 0 aromatic heterocycles. The van der Waals surface area contributed by atoms with Gasteiger partial charge < -0.3 is 9.84 Å². The van der Waals surface area contributed by atoms with Gasteiger partial charge in [0, 0.05) is 19.7 Å². The monoisotopic (exact) mass is 285 g/mol. The topological polar surface area (TPSA) is 66.8 Å². The van der Waals surface area contributed by atoms with Crippen LogP contribution >= 0.6 is 0 Å². The second kappa shape index (κ2) is 5.48. The maximum Gasteiger partial charge on any atom is 0.242 e. The van der Waals surface area contributed by atoms with E-state index < -0.39 is 10.0 Å². The van der Waals surface area contributed by atoms with Crippen molar-refractivity contribution in [3.8, 4) is 5.75 Å². The van der Waals surface area contributed by atoms with E-state index in [0.29, 0.717) is 25.1 Å². The largest absolute Gasteiger partial charge is 0.497 e. The SMILES string of the molecule is COc1cccc(S(=O)(=O)N(C)CC2CC(O)C2)c1. The van der Waals surface area contributed by atoms with Gasteiger partial charge in [0.15, 0.2) is 0 Å². The lowest BCUT2D eigenvalue weighted by atomic mass is 9.82. The Hall–Kier alpha value is -1.11. The van der Waals surface area contributed by atoms with E-state index in [9.17, 15) is 13.5 Å². The van der Waals surface area contributed by atoms with Gasteiger partial charge in [-0.1, -0.05) is 6.07 Å². The first-order chi connectivity index (χ1) is 8.93. The quantitative estimate of drug-likeness (QED) is 0.879. The second-order valence-corrected chi connectivity index (χ2v) is 7.00. The third kappa shape index (κ3) is 3.08. The molecule has 0 atom stereocenters. The first-order valence-electron chi connectivity index (χ1n) is 6.22. The maximum absolute atomic E-state index is 12.4. The fourth-order valence-electron chi connectivity index (χ4n) is 2.25. The van der Waals surface area contributed by atoms with E-state index >= 15 is 0 Å². The van der Waals surface area contributed by atoms with Gasteiger partial charge in [0.2, 0.25) is 10.0 Å². The molecule has 0 bridgehead atoms. The summed E-state index contributed by atoms with van der Waals surface area (Å²) in [5, 5.41) is 9.23. The highest BCUT2D eigenvalue weighted by molar-refractivity contribution is 7.89. The number of nitrogens with zero attached hydrogens (tertiary/aromatic N) is 1. The first kappa shape index (κ1) is 14.3. The van der Waals surface area contributed by atoms with Gasteiger partial charge in [-0.05, 0) is 30.9 Å². The molecule has 5 nitrogen and oxygen atoms in total. The lowest BCUT2D eigenvalue weighted by molar-refractivity contribution is 0.0367. The van der Waals surface area contributed by atoms with Gasteiger partial charge in [-0.25, -0.2) is 12.7 Å². The Kier molecular flexibility index (Phi) is 4.13. The molecule has 1 N–H and O–H groups in total. The highest BCUT2D eigenvalue weighted by Gasteiger charge is 2.31. The van der Waals surface area contributed by atoms with Crippen molar-refractivity contribution in [1.29, 1.82) is 0 Å². The van der Waals surface area contributed by atoms with Crippen LogP contribution in [0.1, 0.15) is 12.8 Å². The van der Waals surface area contributed by atoms with Crippen molar-refractivity contribution in [3.05, 3.63) is 24.3 Å². The highest BCUT2D eigenvalue weighted by atomic mass is 32.2. The van der Waals surface area contributed by atoms with Crippen LogP contribution in [0, 0.1) is 5.92 Å². The van der Waals surface area contributed by atoms with Gasteiger partial charge in [0.25, 0.3) is 0 Å². The summed E-state index contributed by atoms with van der Waals surface area (Å²) in [6.45, 7) is 0.441. The summed E-state index contributed by atoms with van der Waals surface area (Å²) < 4.78 is 31.1. The van der Waals surface area contributed by atoms with Crippen LogP contribution in [0.5, 0.6) is 5.75 Å². The van der Waals surface area contributed by atoms with Crippen LogP contribution in [0.15, 0.2) is 29.2 Å². The molecule has 19 heavy (non-hydrogen) atoms. The highest BCUT2D eigenvalue weighted by Crippen LogP contribution is 2.29. The van der Waals surface area contributed by atoms with Crippen molar-refractivity contribution in [3.63, 3.8) is 0 Å². The Labute approximate surface area is 113 Å². The number of methoxy groups -OCH3 is 1. The summed E-state index contributed by atoms with van der Waals surface area (Å²) in [6, 6.07) is 6.44. The molecular weight excluding hydrogens is 266 g/mol. The van der Waals surface area contributed by atoms with Crippen LogP contribution in [0.4, 0.5) is 0 Å². The second-order valence-electron chi connectivity index (χ2n) is 4.96. The minimum Gasteiger partial charge on any atom is -0.497 e. The molecular formula is C13H19NO4S. The smallest absolute Gasteiger partial charge is 0.242 e. The molecule has 1 aromatic carbocycles. The van der Waals surface area contributed by atoms with Crippen LogP contribution < -0.4 is 4.74 Å². The number of aliphatic hydroxyl groups is 1. The number of sulfonamides is 1. The maximum atomic E-state index is 12.4. The fourth-order valence-corrected chi connectivity index (χ4v) is 3.54. The van der Waals surface area contributed by atoms with Crippen molar-refractivity contribution in [2.24, 2.45) is 5.92 Å². The van der Waals surface area contributed by atoms with E-state index in [1.807, 2.05) is 0 Å². The number of aliphatic hydroxyl groups excluding tert-OH is 1. The Balaban J connectivity index is 2.11. The molecule has 1 aromatic rings. The number of rotatable bonds is 5. The Morgan fingerprint density at radius 1 is 1.42 bits per heavy atom. The normalized spacial score (nSPS) is 23.2. The van der Waals surface area contributed by atoms with Crippen LogP contribution in [0.2, 0.25) is 0 Å². The zero-order valence-electron chi connectivity index (χ0n) is 11.1. The minimum atomic E-state index is -3.49. The van der Waals surface area contributed by atoms with Gasteiger partial charge in [-0.15, -0.1) is 0 Å². The van der Waals surface area contributed by atoms with Crippen LogP contribution in [0.3, 0.4) is 0 Å². The first-order valence-corrected chi connectivity index (χ1v) is 7.66. The molecule has 1 saturated carbocycles. The molecule has 0 saturated heterocycles. The van der Waals surface area contributed by atoms with Crippen molar-refractivity contribution >= 4 is 10.0 Å². The zero-order chi connectivity index (χ0) is 14.0. The number of hydrogen-bond donors (Lipinski definition) is 1. The Morgan fingerprint density at radius 2 is 2.11 bits per heavy atom. The molecule has 0 spiro atoms. The Morgan fingerprint density at radius 3 is 2.68 bits per heavy atom. The van der Waals surface area contributed by atoms with E-state index in [1.54, 1.807) is 25.2 Å². The van der Waals surface area contributed by atoms with E-state index in [2.05, 4.69) is 0 Å². The number of ether oxygens (including phenoxy) is 1. The molecule has 0 aliphatic heterocycles. The Bertz CT molecular complexity index is 537. The van der Waals surface area contributed by atoms with E-state index in [-0.39, 0.29) is 16.9 Å². The summed E-state index contributed by atoms with van der Waals surface area (Å²) in [6.07, 6.45) is 1.09. The standard InChI is InChI=1S/C13H19NO4S/c1-14(9-10-6-11(15)7-10)19(16,17)13-5-3-4-12(8-13)18-2/h3-5,8,10-11,15H,6-7,9H2,1-2H3. The molecule has 0 radical (unpaired) electrons. The molecule has 1 aliphatic carbocycles. The molecule has 0 heterocycles. The van der Waals surface area contributed by atoms with Gasteiger partial charge in [-0.2, -0.15) is 0 Å². The molecule has 1 fully saturated rings. The van der Waals surface area contributed by atoms with Crippen molar-refractivity contribution in [2.75, 3.05) is 20.7 Å². The van der Waals surface area contributed by atoms with Crippen LogP contribution in [-0.4, -0.2) is 44.6 Å². The van der Waals surface area contributed by atoms with Crippen LogP contribution in [0.25, 0.3) is 0 Å². The molecule has 2 rings (SSSR count). The average molecular weight is 285 g/mol. The van der Waals surface area contributed by atoms with Crippen molar-refractivity contribution in [2.45, 2.75) is 23.8 Å². The van der Waals surface area contributed by atoms with E-state index in [1.165, 1.54) is 17.5 Å². The molecule has 0 unspecified atom stereocenters. The average Bonchev–Trinajstić information content (AvgIpc) is 2.36. The summed E-state index contributed by atoms with van der Waals surface area (Å²) in [4.78, 5) is 0.231. The molecule has 1 aliphatic rings. The molecule has 106 valence electrons. The van der Waals surface area contributed by atoms with Crippen LogP contribution in [-0.2, 0) is 10.0 Å². The van der Waals surface area contributed by atoms with E-state index in [0.717, 1.165) is 0 Å². The van der Waals surface area contributed by atoms with Gasteiger partial charge in [-0.3, -0.25) is 0 Å². The van der Waals surface area contributed by atoms with Gasteiger partial charge in [0.1, 0.15) is 5.75 Å². The lowest BCUT2D eigenvalue weighted by Gasteiger charge is -2.34. The third-order valence-corrected chi connectivity index (χ3v) is 5.29. The van der Waals surface area contributed by atoms with Gasteiger partial charge in [0.05, 0.1) is 18.1 Å². The third-order valence-electron chi connectivity index (χ3n) is 3.48. The summed E-state index contributed by atoms with van der Waals surface area (Å²) in [7, 11) is -0.415. The summed E-state index contributed by atoms with van der Waals surface area (Å²) >= 11 is 0. The zero-order valence-corrected chi connectivity index (χ0v) is 11.9. The molecule has 6 heteroatoms. The predicted octanol–water partition coefficient (Wildman–Crippen LogP) is 1.09. The van der Waals surface area contributed by atoms with E-state index in [4.69, 9.17) is 4.74 Å².